The molecular formula is C17H10ClF4NO3. The molecule has 4 nitrogen and oxygen atoms in total. The molecule has 9 heteroatoms. The fraction of sp³-hybridized carbons (Fsp3) is 0.176. The van der Waals surface area contributed by atoms with E-state index >= 15 is 0 Å². The molecule has 0 spiro atoms. The van der Waals surface area contributed by atoms with Gasteiger partial charge >= 0.3 is 6.18 Å². The summed E-state index contributed by atoms with van der Waals surface area (Å²) in [6.45, 7) is 1.24. The highest BCUT2D eigenvalue weighted by molar-refractivity contribution is 6.32. The zero-order chi connectivity index (χ0) is 19.2. The van der Waals surface area contributed by atoms with Gasteiger partial charge < -0.3 is 4.74 Å². The van der Waals surface area contributed by atoms with Crippen LogP contribution in [0, 0.1) is 5.82 Å². The zero-order valence-corrected chi connectivity index (χ0v) is 13.9. The Bertz CT molecular complexity index is 904. The average Bonchev–Trinajstić information content (AvgIpc) is 2.84. The maximum atomic E-state index is 14.0. The van der Waals surface area contributed by atoms with Crippen LogP contribution in [-0.2, 0) is 22.2 Å². The van der Waals surface area contributed by atoms with Crippen molar-refractivity contribution in [2.45, 2.75) is 19.5 Å². The molecule has 0 unspecified atom stereocenters. The summed E-state index contributed by atoms with van der Waals surface area (Å²) in [6, 6.07) is 5.06. The van der Waals surface area contributed by atoms with Gasteiger partial charge in [0.2, 0.25) is 11.8 Å². The largest absolute Gasteiger partial charge is 0.453 e. The molecular weight excluding hydrogens is 378 g/mol. The first kappa shape index (κ1) is 18.2. The third kappa shape index (κ3) is 3.24. The molecule has 136 valence electrons. The minimum atomic E-state index is -4.74. The molecule has 0 saturated carbocycles. The Labute approximate surface area is 149 Å². The van der Waals surface area contributed by atoms with E-state index in [9.17, 15) is 27.2 Å². The van der Waals surface area contributed by atoms with Gasteiger partial charge in [-0.05, 0) is 35.9 Å². The molecule has 1 aliphatic heterocycles. The van der Waals surface area contributed by atoms with E-state index in [0.717, 1.165) is 4.90 Å². The maximum Gasteiger partial charge on any atom is 0.416 e. The number of imide groups is 1. The lowest BCUT2D eigenvalue weighted by molar-refractivity contribution is -0.137. The van der Waals surface area contributed by atoms with E-state index in [1.165, 1.54) is 25.1 Å². The smallest absolute Gasteiger partial charge is 0.416 e. The fourth-order valence-corrected chi connectivity index (χ4v) is 2.89. The number of rotatable bonds is 2. The molecule has 0 atom stereocenters. The lowest BCUT2D eigenvalue weighted by Gasteiger charge is -2.14. The van der Waals surface area contributed by atoms with Crippen molar-refractivity contribution < 1.29 is 31.9 Å². The highest BCUT2D eigenvalue weighted by atomic mass is 35.5. The van der Waals surface area contributed by atoms with E-state index < -0.39 is 40.1 Å². The van der Waals surface area contributed by atoms with E-state index in [1.807, 2.05) is 0 Å². The van der Waals surface area contributed by atoms with Crippen LogP contribution in [0.15, 0.2) is 30.3 Å². The van der Waals surface area contributed by atoms with E-state index in [-0.39, 0.29) is 18.2 Å². The molecule has 2 amide bonds. The molecule has 0 aliphatic carbocycles. The number of hydrogen-bond donors (Lipinski definition) is 0. The number of carbonyl (C=O) groups is 2. The Morgan fingerprint density at radius 2 is 1.92 bits per heavy atom. The Morgan fingerprint density at radius 3 is 2.50 bits per heavy atom. The summed E-state index contributed by atoms with van der Waals surface area (Å²) in [5.41, 5.74) is -0.371. The van der Waals surface area contributed by atoms with Crippen LogP contribution >= 0.6 is 11.6 Å². The third-order valence-corrected chi connectivity index (χ3v) is 4.02. The number of ether oxygens (including phenoxy) is 1. The number of fused-ring (bicyclic) bond motifs is 1. The Kier molecular flexibility index (Phi) is 4.39. The molecule has 0 aromatic heterocycles. The minimum Gasteiger partial charge on any atom is -0.453 e. The van der Waals surface area contributed by atoms with E-state index in [2.05, 4.69) is 0 Å². The second kappa shape index (κ2) is 6.28. The van der Waals surface area contributed by atoms with Crippen molar-refractivity contribution in [1.82, 2.24) is 0 Å². The number of anilines is 1. The summed E-state index contributed by atoms with van der Waals surface area (Å²) in [5, 5.41) is -0.542. The van der Waals surface area contributed by atoms with Gasteiger partial charge in [-0.25, -0.2) is 4.39 Å². The Balaban J connectivity index is 1.93. The standard InChI is InChI=1S/C17H10ClF4NO3/c1-8(24)23-14-3-2-11(4-9(14)5-15(23)25)26-16-12(18)6-10(7-13(16)19)17(20,21)22/h2-4,6-7H,5H2,1H3. The predicted molar refractivity (Wildman–Crippen MR) is 84.8 cm³/mol. The highest BCUT2D eigenvalue weighted by Gasteiger charge is 2.33. The fourth-order valence-electron chi connectivity index (χ4n) is 2.65. The number of carbonyl (C=O) groups excluding carboxylic acids is 2. The van der Waals surface area contributed by atoms with Crippen molar-refractivity contribution in [2.75, 3.05) is 4.90 Å². The number of benzene rings is 2. The molecule has 26 heavy (non-hydrogen) atoms. The van der Waals surface area contributed by atoms with Crippen molar-refractivity contribution in [3.8, 4) is 11.5 Å². The highest BCUT2D eigenvalue weighted by Crippen LogP contribution is 2.40. The number of amides is 2. The maximum absolute atomic E-state index is 14.0. The molecule has 3 rings (SSSR count). The molecule has 0 radical (unpaired) electrons. The number of hydrogen-bond acceptors (Lipinski definition) is 3. The number of halogens is 5. The quantitative estimate of drug-likeness (QED) is 0.700. The monoisotopic (exact) mass is 387 g/mol. The molecule has 0 bridgehead atoms. The van der Waals surface area contributed by atoms with Crippen LogP contribution in [0.5, 0.6) is 11.5 Å². The van der Waals surface area contributed by atoms with Crippen molar-refractivity contribution in [3.63, 3.8) is 0 Å². The van der Waals surface area contributed by atoms with Gasteiger partial charge in [0.15, 0.2) is 11.6 Å². The first-order valence-corrected chi connectivity index (χ1v) is 7.66. The van der Waals surface area contributed by atoms with Crippen LogP contribution in [0.1, 0.15) is 18.1 Å². The SMILES string of the molecule is CC(=O)N1C(=O)Cc2cc(Oc3c(F)cc(C(F)(F)F)cc3Cl)ccc21. The van der Waals surface area contributed by atoms with Crippen LogP contribution < -0.4 is 9.64 Å². The zero-order valence-electron chi connectivity index (χ0n) is 13.2. The molecule has 0 saturated heterocycles. The molecule has 0 N–H and O–H groups in total. The second-order valence-electron chi connectivity index (χ2n) is 5.58. The molecule has 2 aromatic carbocycles. The van der Waals surface area contributed by atoms with Gasteiger partial charge in [-0.2, -0.15) is 13.2 Å². The van der Waals surface area contributed by atoms with Crippen molar-refractivity contribution in [2.24, 2.45) is 0 Å². The van der Waals surface area contributed by atoms with Gasteiger partial charge in [0.1, 0.15) is 5.75 Å². The summed E-state index contributed by atoms with van der Waals surface area (Å²) >= 11 is 5.72. The predicted octanol–water partition coefficient (Wildman–Crippen LogP) is 4.73. The lowest BCUT2D eigenvalue weighted by atomic mass is 10.1. The number of alkyl halides is 3. The van der Waals surface area contributed by atoms with Crippen LogP contribution in [-0.4, -0.2) is 11.8 Å². The van der Waals surface area contributed by atoms with Crippen molar-refractivity contribution >= 4 is 29.1 Å². The van der Waals surface area contributed by atoms with Gasteiger partial charge in [0, 0.05) is 6.92 Å². The summed E-state index contributed by atoms with van der Waals surface area (Å²) in [4.78, 5) is 24.4. The van der Waals surface area contributed by atoms with Crippen LogP contribution in [0.25, 0.3) is 0 Å². The third-order valence-electron chi connectivity index (χ3n) is 3.74. The van der Waals surface area contributed by atoms with Gasteiger partial charge in [0.25, 0.3) is 0 Å². The van der Waals surface area contributed by atoms with Crippen LogP contribution in [0.3, 0.4) is 0 Å². The summed E-state index contributed by atoms with van der Waals surface area (Å²) < 4.78 is 57.3. The normalized spacial score (nSPS) is 13.8. The Morgan fingerprint density at radius 1 is 1.23 bits per heavy atom. The second-order valence-corrected chi connectivity index (χ2v) is 5.99. The van der Waals surface area contributed by atoms with E-state index in [1.54, 1.807) is 0 Å². The van der Waals surface area contributed by atoms with Gasteiger partial charge in [0.05, 0.1) is 22.7 Å². The van der Waals surface area contributed by atoms with E-state index in [4.69, 9.17) is 16.3 Å². The molecule has 0 fully saturated rings. The Hall–Kier alpha value is -2.61. The van der Waals surface area contributed by atoms with Crippen LogP contribution in [0.4, 0.5) is 23.2 Å². The summed E-state index contributed by atoms with van der Waals surface area (Å²) in [7, 11) is 0. The van der Waals surface area contributed by atoms with Gasteiger partial charge in [-0.1, -0.05) is 11.6 Å². The molecule has 2 aromatic rings. The first-order chi connectivity index (χ1) is 12.1. The first-order valence-electron chi connectivity index (χ1n) is 7.28. The minimum absolute atomic E-state index is 0.0463. The molecule has 1 heterocycles. The number of nitrogens with zero attached hydrogens (tertiary/aromatic N) is 1. The van der Waals surface area contributed by atoms with Gasteiger partial charge in [-0.3, -0.25) is 14.5 Å². The van der Waals surface area contributed by atoms with Crippen molar-refractivity contribution in [1.29, 1.82) is 0 Å². The summed E-state index contributed by atoms with van der Waals surface area (Å²) in [6.07, 6.45) is -4.79. The van der Waals surface area contributed by atoms with Gasteiger partial charge in [-0.15, -0.1) is 0 Å². The van der Waals surface area contributed by atoms with E-state index in [0.29, 0.717) is 17.3 Å². The summed E-state index contributed by atoms with van der Waals surface area (Å²) in [5.74, 6) is -2.62. The van der Waals surface area contributed by atoms with Crippen molar-refractivity contribution in [3.05, 3.63) is 52.3 Å². The van der Waals surface area contributed by atoms with Crippen LogP contribution in [0.2, 0.25) is 5.02 Å². The topological polar surface area (TPSA) is 46.6 Å². The average molecular weight is 388 g/mol. The lowest BCUT2D eigenvalue weighted by Crippen LogP contribution is -2.31. The molecule has 1 aliphatic rings.